The normalized spacial score (nSPS) is 18.9. The average molecular weight is 478 g/mol. The number of rotatable bonds is 9. The van der Waals surface area contributed by atoms with Crippen molar-refractivity contribution in [2.45, 2.75) is 6.61 Å². The van der Waals surface area contributed by atoms with Crippen molar-refractivity contribution in [2.75, 3.05) is 0 Å². The lowest BCUT2D eigenvalue weighted by Gasteiger charge is -2.18. The van der Waals surface area contributed by atoms with Crippen LogP contribution in [0.1, 0.15) is 5.56 Å². The summed E-state index contributed by atoms with van der Waals surface area (Å²) in [6.45, 7) is -0.547. The summed E-state index contributed by atoms with van der Waals surface area (Å²) in [4.78, 5) is 44.5. The smallest absolute Gasteiger partial charge is 0.302 e. The second-order valence-corrected chi connectivity index (χ2v) is 11.1. The van der Waals surface area contributed by atoms with E-state index in [4.69, 9.17) is 14.7 Å². The Bertz CT molecular complexity index is 1050. The molecular formula is C11H14O13P4. The van der Waals surface area contributed by atoms with E-state index in [0.29, 0.717) is 5.56 Å². The van der Waals surface area contributed by atoms with Gasteiger partial charge >= 0.3 is 31.3 Å². The van der Waals surface area contributed by atoms with Crippen LogP contribution in [0.25, 0.3) is 10.8 Å². The largest absolute Gasteiger partial charge is 0.490 e. The highest BCUT2D eigenvalue weighted by Gasteiger charge is 2.44. The van der Waals surface area contributed by atoms with Gasteiger partial charge in [0.15, 0.2) is 0 Å². The Morgan fingerprint density at radius 3 is 1.82 bits per heavy atom. The van der Waals surface area contributed by atoms with Crippen LogP contribution in [0.5, 0.6) is 0 Å². The first-order valence-electron chi connectivity index (χ1n) is 6.97. The van der Waals surface area contributed by atoms with Crippen LogP contribution in [0.2, 0.25) is 0 Å². The van der Waals surface area contributed by atoms with Crippen LogP contribution < -0.4 is 0 Å². The molecule has 0 radical (unpaired) electrons. The molecule has 0 aliphatic heterocycles. The zero-order chi connectivity index (χ0) is 21.2. The van der Waals surface area contributed by atoms with Crippen molar-refractivity contribution in [3.05, 3.63) is 48.0 Å². The van der Waals surface area contributed by atoms with Gasteiger partial charge in [0, 0.05) is 0 Å². The van der Waals surface area contributed by atoms with Crippen molar-refractivity contribution in [1.29, 1.82) is 0 Å². The molecule has 0 spiro atoms. The van der Waals surface area contributed by atoms with E-state index in [1.807, 2.05) is 12.1 Å². The molecule has 0 bridgehead atoms. The molecule has 0 saturated carbocycles. The number of benzene rings is 2. The number of hydrogen-bond donors (Lipinski definition) is 5. The van der Waals surface area contributed by atoms with Crippen LogP contribution in [0.15, 0.2) is 42.5 Å². The number of hydrogen-bond acceptors (Lipinski definition) is 8. The standard InChI is InChI=1S/C11H14O13P4/c12-25(13,14)22-27(17,18)24-28(19,20)23-26(15,16)21-8-9-5-6-10-3-1-2-4-11(10)7-9/h1-7H,8H2,(H,15,16)(H,17,18)(H,19,20)(H2,12,13,14). The lowest BCUT2D eigenvalue weighted by molar-refractivity contribution is 0.165. The average Bonchev–Trinajstić information content (AvgIpc) is 2.48. The van der Waals surface area contributed by atoms with Crippen molar-refractivity contribution < 1.29 is 60.2 Å². The highest BCUT2D eigenvalue weighted by Crippen LogP contribution is 2.70. The fraction of sp³-hybridized carbons (Fsp3) is 0.0909. The molecule has 2 aromatic rings. The van der Waals surface area contributed by atoms with Gasteiger partial charge < -0.3 is 24.5 Å². The van der Waals surface area contributed by atoms with Crippen LogP contribution in [-0.4, -0.2) is 24.5 Å². The number of phosphoric ester groups is 1. The van der Waals surface area contributed by atoms with E-state index in [9.17, 15) is 28.0 Å². The third-order valence-electron chi connectivity index (χ3n) is 2.83. The Balaban J connectivity index is 2.03. The van der Waals surface area contributed by atoms with E-state index < -0.39 is 37.9 Å². The molecule has 2 aromatic carbocycles. The minimum Gasteiger partial charge on any atom is -0.302 e. The summed E-state index contributed by atoms with van der Waals surface area (Å²) in [5, 5.41) is 1.66. The lowest BCUT2D eigenvalue weighted by atomic mass is 10.1. The van der Waals surface area contributed by atoms with E-state index in [-0.39, 0.29) is 0 Å². The summed E-state index contributed by atoms with van der Waals surface area (Å²) in [7, 11) is -22.5. The summed E-state index contributed by atoms with van der Waals surface area (Å²) in [5.41, 5.74) is 0.392. The molecule has 2 rings (SSSR count). The SMILES string of the molecule is O=P(O)(O)OP(=O)(O)OP(=O)(O)OP(=O)(O)OCc1ccc2ccccc2c1. The molecule has 13 nitrogen and oxygen atoms in total. The first kappa shape index (κ1) is 23.5. The summed E-state index contributed by atoms with van der Waals surface area (Å²) in [6.07, 6.45) is 0. The highest BCUT2D eigenvalue weighted by molar-refractivity contribution is 7.69. The van der Waals surface area contributed by atoms with Crippen molar-refractivity contribution in [3.63, 3.8) is 0 Å². The maximum atomic E-state index is 11.8. The van der Waals surface area contributed by atoms with Crippen LogP contribution in [0.3, 0.4) is 0 Å². The van der Waals surface area contributed by atoms with Gasteiger partial charge in [-0.3, -0.25) is 4.52 Å². The fourth-order valence-corrected chi connectivity index (χ4v) is 6.37. The molecule has 3 unspecified atom stereocenters. The van der Waals surface area contributed by atoms with Crippen molar-refractivity contribution in [2.24, 2.45) is 0 Å². The van der Waals surface area contributed by atoms with Gasteiger partial charge in [-0.1, -0.05) is 36.4 Å². The minimum absolute atomic E-state index is 0.392. The van der Waals surface area contributed by atoms with E-state index in [0.717, 1.165) is 10.8 Å². The molecule has 0 aliphatic carbocycles. The third-order valence-corrected chi connectivity index (χ3v) is 8.26. The Kier molecular flexibility index (Phi) is 7.19. The third kappa shape index (κ3) is 7.94. The predicted molar refractivity (Wildman–Crippen MR) is 93.5 cm³/mol. The van der Waals surface area contributed by atoms with E-state index >= 15 is 0 Å². The Morgan fingerprint density at radius 1 is 0.679 bits per heavy atom. The molecule has 0 amide bonds. The van der Waals surface area contributed by atoms with Gasteiger partial charge in [0.25, 0.3) is 0 Å². The number of fused-ring (bicyclic) bond motifs is 1. The monoisotopic (exact) mass is 478 g/mol. The van der Waals surface area contributed by atoms with E-state index in [2.05, 4.69) is 17.5 Å². The van der Waals surface area contributed by atoms with Crippen LogP contribution >= 0.6 is 31.3 Å². The van der Waals surface area contributed by atoms with Crippen LogP contribution in [-0.2, 0) is 42.3 Å². The molecule has 3 atom stereocenters. The summed E-state index contributed by atoms with van der Waals surface area (Å²) >= 11 is 0. The maximum absolute atomic E-state index is 11.8. The maximum Gasteiger partial charge on any atom is 0.490 e. The zero-order valence-electron chi connectivity index (χ0n) is 13.5. The molecule has 0 saturated heterocycles. The molecule has 156 valence electrons. The molecule has 0 fully saturated rings. The molecular weight excluding hydrogens is 464 g/mol. The fourth-order valence-electron chi connectivity index (χ4n) is 1.93. The summed E-state index contributed by atoms with van der Waals surface area (Å²) in [6, 6.07) is 12.0. The molecule has 0 heterocycles. The van der Waals surface area contributed by atoms with Gasteiger partial charge in [-0.25, -0.2) is 18.3 Å². The second kappa shape index (κ2) is 8.55. The summed E-state index contributed by atoms with van der Waals surface area (Å²) in [5.74, 6) is 0. The Labute approximate surface area is 157 Å². The van der Waals surface area contributed by atoms with E-state index in [1.165, 1.54) is 0 Å². The minimum atomic E-state index is -5.82. The Morgan fingerprint density at radius 2 is 1.21 bits per heavy atom. The first-order chi connectivity index (χ1) is 12.7. The van der Waals surface area contributed by atoms with Gasteiger partial charge in [0.2, 0.25) is 0 Å². The van der Waals surface area contributed by atoms with Crippen molar-refractivity contribution in [1.82, 2.24) is 0 Å². The summed E-state index contributed by atoms with van der Waals surface area (Å²) < 4.78 is 60.2. The van der Waals surface area contributed by atoms with Gasteiger partial charge in [-0.05, 0) is 22.4 Å². The molecule has 0 aliphatic rings. The van der Waals surface area contributed by atoms with E-state index in [1.54, 1.807) is 30.3 Å². The molecule has 17 heteroatoms. The highest BCUT2D eigenvalue weighted by atomic mass is 31.3. The first-order valence-corrected chi connectivity index (χ1v) is 13.0. The second-order valence-electron chi connectivity index (χ2n) is 5.10. The van der Waals surface area contributed by atoms with Gasteiger partial charge in [-0.2, -0.15) is 12.9 Å². The topological polar surface area (TPSA) is 206 Å². The zero-order valence-corrected chi connectivity index (χ0v) is 17.1. The molecule has 0 aromatic heterocycles. The van der Waals surface area contributed by atoms with Gasteiger partial charge in [0.05, 0.1) is 6.61 Å². The van der Waals surface area contributed by atoms with Crippen molar-refractivity contribution >= 4 is 42.1 Å². The predicted octanol–water partition coefficient (Wildman–Crippen LogP) is 2.80. The van der Waals surface area contributed by atoms with Crippen LogP contribution in [0, 0.1) is 0 Å². The molecule has 5 N–H and O–H groups in total. The van der Waals surface area contributed by atoms with Gasteiger partial charge in [0.1, 0.15) is 0 Å². The molecule has 28 heavy (non-hydrogen) atoms. The van der Waals surface area contributed by atoms with Crippen LogP contribution in [0.4, 0.5) is 0 Å². The van der Waals surface area contributed by atoms with Gasteiger partial charge in [-0.15, -0.1) is 0 Å². The number of phosphoric acid groups is 4. The van der Waals surface area contributed by atoms with Crippen molar-refractivity contribution in [3.8, 4) is 0 Å². The quantitative estimate of drug-likeness (QED) is 0.329. The lowest BCUT2D eigenvalue weighted by Crippen LogP contribution is -1.98. The Hall–Kier alpha value is -0.740.